The van der Waals surface area contributed by atoms with Crippen LogP contribution in [0, 0.1) is 0 Å². The van der Waals surface area contributed by atoms with Gasteiger partial charge in [-0.2, -0.15) is 0 Å². The number of aromatic nitrogens is 6. The lowest BCUT2D eigenvalue weighted by molar-refractivity contribution is -0.945. The van der Waals surface area contributed by atoms with E-state index >= 15 is 0 Å². The number of nitrogens with zero attached hydrogens (tertiary/aromatic N) is 6. The van der Waals surface area contributed by atoms with Gasteiger partial charge in [0.25, 0.3) is 0 Å². The van der Waals surface area contributed by atoms with Gasteiger partial charge in [0.15, 0.2) is 23.5 Å². The van der Waals surface area contributed by atoms with E-state index < -0.39 is 5.66 Å². The summed E-state index contributed by atoms with van der Waals surface area (Å²) in [6.07, 6.45) is 12.3. The van der Waals surface area contributed by atoms with Crippen LogP contribution in [-0.2, 0) is 5.66 Å². The molecular weight excluding hydrogens is 448 g/mol. The number of benzene rings is 2. The van der Waals surface area contributed by atoms with Gasteiger partial charge in [-0.1, -0.05) is 0 Å². The highest BCUT2D eigenvalue weighted by molar-refractivity contribution is 6.16. The third kappa shape index (κ3) is 1.36. The summed E-state index contributed by atoms with van der Waals surface area (Å²) in [6.45, 7) is 0. The second kappa shape index (κ2) is 4.85. The Morgan fingerprint density at radius 3 is 1.72 bits per heavy atom. The Kier molecular flexibility index (Phi) is 2.23. The van der Waals surface area contributed by atoms with Crippen molar-refractivity contribution in [1.82, 2.24) is 18.8 Å². The minimum absolute atomic E-state index is 0.593. The molecule has 0 bridgehead atoms. The quantitative estimate of drug-likeness (QED) is 0.251. The van der Waals surface area contributed by atoms with E-state index in [1.807, 2.05) is 12.4 Å². The third-order valence-corrected chi connectivity index (χ3v) is 8.65. The highest BCUT2D eigenvalue weighted by Crippen LogP contribution is 2.57. The molecule has 7 nitrogen and oxygen atoms in total. The van der Waals surface area contributed by atoms with Crippen molar-refractivity contribution in [2.24, 2.45) is 0 Å². The van der Waals surface area contributed by atoms with Crippen LogP contribution in [0.15, 0.2) is 85.7 Å². The summed E-state index contributed by atoms with van der Waals surface area (Å²) in [4.78, 5) is 9.53. The first-order valence-corrected chi connectivity index (χ1v) is 12.1. The molecule has 0 saturated carbocycles. The maximum Gasteiger partial charge on any atom is 0.425 e. The molecule has 7 heteroatoms. The molecule has 0 saturated heterocycles. The minimum Gasteiger partial charge on any atom is -0.456 e. The van der Waals surface area contributed by atoms with E-state index in [-0.39, 0.29) is 0 Å². The molecule has 0 amide bonds. The number of ether oxygens (including phenoxy) is 1. The molecule has 8 aromatic rings. The maximum absolute atomic E-state index is 6.71. The molecule has 36 heavy (non-hydrogen) atoms. The molecular formula is C29H14N6O+2. The largest absolute Gasteiger partial charge is 0.456 e. The maximum atomic E-state index is 6.71. The van der Waals surface area contributed by atoms with Gasteiger partial charge in [-0.25, -0.2) is 9.97 Å². The highest BCUT2D eigenvalue weighted by atomic mass is 16.5. The van der Waals surface area contributed by atoms with Crippen LogP contribution in [0.25, 0.3) is 54.9 Å². The number of hydrogen-bond donors (Lipinski definition) is 0. The van der Waals surface area contributed by atoms with Crippen molar-refractivity contribution in [2.75, 3.05) is 0 Å². The molecule has 3 aliphatic rings. The zero-order chi connectivity index (χ0) is 22.9. The normalized spacial score (nSPS) is 15.7. The summed E-state index contributed by atoms with van der Waals surface area (Å²) in [6, 6.07) is 17.3. The van der Waals surface area contributed by atoms with Crippen LogP contribution >= 0.6 is 0 Å². The van der Waals surface area contributed by atoms with Gasteiger partial charge in [0, 0.05) is 47.7 Å². The molecule has 3 aliphatic heterocycles. The van der Waals surface area contributed by atoms with E-state index in [9.17, 15) is 0 Å². The highest BCUT2D eigenvalue weighted by Gasteiger charge is 2.69. The van der Waals surface area contributed by atoms with Gasteiger partial charge in [0.05, 0.1) is 10.8 Å². The van der Waals surface area contributed by atoms with Gasteiger partial charge >= 0.3 is 5.66 Å². The standard InChI is InChI=1S/C29H14N6O/c1-3-17-25-21-15(27-30-9-13-32(17)27)5-7-19-23(21)29(34(25)11-1)24-20(36-19)8-6-16-22(24)26-18(4-2-12-35(26)29)33-14-10-31-28(16)33/h1-14H/q+2. The number of rotatable bonds is 0. The van der Waals surface area contributed by atoms with Gasteiger partial charge in [-0.15, -0.1) is 9.13 Å². The van der Waals surface area contributed by atoms with Crippen molar-refractivity contribution in [3.05, 3.63) is 96.8 Å². The van der Waals surface area contributed by atoms with Gasteiger partial charge in [0.1, 0.15) is 33.8 Å². The Labute approximate surface area is 201 Å². The fraction of sp³-hybridized carbons (Fsp3) is 0.0345. The molecule has 0 aliphatic carbocycles. The predicted molar refractivity (Wildman–Crippen MR) is 132 cm³/mol. The first-order chi connectivity index (χ1) is 17.9. The summed E-state index contributed by atoms with van der Waals surface area (Å²) in [5.74, 6) is 1.80. The summed E-state index contributed by atoms with van der Waals surface area (Å²) in [5.41, 5.74) is 8.40. The van der Waals surface area contributed by atoms with Crippen LogP contribution in [0.2, 0.25) is 0 Å². The van der Waals surface area contributed by atoms with Crippen molar-refractivity contribution in [3.63, 3.8) is 0 Å². The SMILES string of the molecule is c1cc2c3c4c5c(ccc4c4nccn24)Oc2ccc4c6c2C5([n+]3c1)[n+]1cccc(c61)n1ccnc41. The number of imidazole rings is 2. The molecule has 6 aromatic heterocycles. The van der Waals surface area contributed by atoms with Crippen molar-refractivity contribution < 1.29 is 13.9 Å². The fourth-order valence-corrected chi connectivity index (χ4v) is 7.55. The first kappa shape index (κ1) is 16.6. The van der Waals surface area contributed by atoms with Crippen molar-refractivity contribution >= 4 is 54.9 Å². The Hall–Kier alpha value is -5.04. The molecule has 0 N–H and O–H groups in total. The first-order valence-electron chi connectivity index (χ1n) is 12.1. The zero-order valence-corrected chi connectivity index (χ0v) is 18.7. The zero-order valence-electron chi connectivity index (χ0n) is 18.7. The second-order valence-corrected chi connectivity index (χ2v) is 9.96. The second-order valence-electron chi connectivity index (χ2n) is 9.96. The van der Waals surface area contributed by atoms with Crippen molar-refractivity contribution in [3.8, 4) is 11.5 Å². The van der Waals surface area contributed by atoms with E-state index in [1.165, 1.54) is 32.9 Å². The molecule has 9 heterocycles. The van der Waals surface area contributed by atoms with Gasteiger partial charge < -0.3 is 4.74 Å². The molecule has 164 valence electrons. The van der Waals surface area contributed by atoms with E-state index in [0.29, 0.717) is 0 Å². The number of pyridine rings is 4. The van der Waals surface area contributed by atoms with Gasteiger partial charge in [-0.05, 0) is 36.4 Å². The third-order valence-electron chi connectivity index (χ3n) is 8.65. The van der Waals surface area contributed by atoms with Crippen LogP contribution < -0.4 is 13.9 Å². The Balaban J connectivity index is 1.52. The summed E-state index contributed by atoms with van der Waals surface area (Å²) in [7, 11) is 0. The van der Waals surface area contributed by atoms with E-state index in [2.05, 4.69) is 91.3 Å². The smallest absolute Gasteiger partial charge is 0.425 e. The molecule has 0 fully saturated rings. The molecule has 0 atom stereocenters. The minimum atomic E-state index is -0.593. The van der Waals surface area contributed by atoms with Crippen LogP contribution in [0.4, 0.5) is 0 Å². The van der Waals surface area contributed by atoms with Gasteiger partial charge in [-0.3, -0.25) is 8.80 Å². The van der Waals surface area contributed by atoms with E-state index in [1.54, 1.807) is 0 Å². The van der Waals surface area contributed by atoms with Crippen LogP contribution in [0.3, 0.4) is 0 Å². The molecule has 2 aromatic carbocycles. The molecule has 0 radical (unpaired) electrons. The molecule has 1 spiro atoms. The Bertz CT molecular complexity index is 2240. The van der Waals surface area contributed by atoms with Gasteiger partial charge in [0.2, 0.25) is 11.0 Å². The number of hydrogen-bond acceptors (Lipinski definition) is 3. The predicted octanol–water partition coefficient (Wildman–Crippen LogP) is 4.20. The van der Waals surface area contributed by atoms with Crippen LogP contribution in [-0.4, -0.2) is 18.8 Å². The van der Waals surface area contributed by atoms with Crippen LogP contribution in [0.1, 0.15) is 11.1 Å². The van der Waals surface area contributed by atoms with E-state index in [0.717, 1.165) is 44.6 Å². The average Bonchev–Trinajstić information content (AvgIpc) is 3.70. The lowest BCUT2D eigenvalue weighted by Gasteiger charge is -2.25. The Morgan fingerprint density at radius 2 is 1.19 bits per heavy atom. The summed E-state index contributed by atoms with van der Waals surface area (Å²) < 4.78 is 16.1. The summed E-state index contributed by atoms with van der Waals surface area (Å²) >= 11 is 0. The average molecular weight is 462 g/mol. The lowest BCUT2D eigenvalue weighted by Crippen LogP contribution is -2.72. The lowest BCUT2D eigenvalue weighted by atomic mass is 9.86. The van der Waals surface area contributed by atoms with Crippen LogP contribution in [0.5, 0.6) is 11.5 Å². The Morgan fingerprint density at radius 1 is 0.667 bits per heavy atom. The summed E-state index contributed by atoms with van der Waals surface area (Å²) in [5, 5.41) is 4.71. The molecule has 11 rings (SSSR count). The van der Waals surface area contributed by atoms with Crippen molar-refractivity contribution in [2.45, 2.75) is 5.66 Å². The number of fused-ring (bicyclic) bond motifs is 6. The monoisotopic (exact) mass is 462 g/mol. The fourth-order valence-electron chi connectivity index (χ4n) is 7.55. The molecule has 0 unspecified atom stereocenters. The van der Waals surface area contributed by atoms with E-state index in [4.69, 9.17) is 14.7 Å². The van der Waals surface area contributed by atoms with Crippen molar-refractivity contribution in [1.29, 1.82) is 0 Å². The topological polar surface area (TPSA) is 51.6 Å².